The quantitative estimate of drug-likeness (QED) is 0.781. The van der Waals surface area contributed by atoms with Gasteiger partial charge in [-0.25, -0.2) is 9.78 Å². The van der Waals surface area contributed by atoms with E-state index in [4.69, 9.17) is 11.6 Å². The van der Waals surface area contributed by atoms with Crippen LogP contribution >= 0.6 is 24.0 Å². The molecule has 2 heterocycles. The number of hydrogen-bond acceptors (Lipinski definition) is 3. The summed E-state index contributed by atoms with van der Waals surface area (Å²) in [5, 5.41) is 0.938. The molecule has 1 unspecified atom stereocenters. The van der Waals surface area contributed by atoms with Crippen molar-refractivity contribution in [2.75, 3.05) is 0 Å². The molecular formula is C15H16Cl2N4O2. The van der Waals surface area contributed by atoms with Gasteiger partial charge < -0.3 is 9.55 Å². The lowest BCUT2D eigenvalue weighted by atomic mass is 10.1. The zero-order valence-electron chi connectivity index (χ0n) is 12.4. The highest BCUT2D eigenvalue weighted by Gasteiger charge is 2.11. The van der Waals surface area contributed by atoms with Gasteiger partial charge >= 0.3 is 5.69 Å². The number of imidazole rings is 1. The van der Waals surface area contributed by atoms with Crippen LogP contribution in [0.5, 0.6) is 0 Å². The Morgan fingerprint density at radius 3 is 2.78 bits per heavy atom. The molecule has 0 aliphatic rings. The predicted molar refractivity (Wildman–Crippen MR) is 92.5 cm³/mol. The van der Waals surface area contributed by atoms with E-state index >= 15 is 0 Å². The van der Waals surface area contributed by atoms with Crippen LogP contribution in [0.15, 0.2) is 46.5 Å². The van der Waals surface area contributed by atoms with Gasteiger partial charge in [-0.3, -0.25) is 9.36 Å². The second-order valence-corrected chi connectivity index (χ2v) is 5.84. The second-order valence-electron chi connectivity index (χ2n) is 5.40. The fraction of sp³-hybridized carbons (Fsp3) is 0.267. The fourth-order valence-electron chi connectivity index (χ4n) is 2.52. The molecule has 0 bridgehead atoms. The Balaban J connectivity index is 0.00000192. The molecule has 0 fully saturated rings. The topological polar surface area (TPSA) is 72.7 Å². The first-order valence-corrected chi connectivity index (χ1v) is 7.30. The molecule has 0 radical (unpaired) electrons. The summed E-state index contributed by atoms with van der Waals surface area (Å²) >= 11 is 5.89. The van der Waals surface area contributed by atoms with E-state index in [0.717, 1.165) is 0 Å². The van der Waals surface area contributed by atoms with Crippen LogP contribution in [-0.2, 0) is 13.1 Å². The predicted octanol–water partition coefficient (Wildman–Crippen LogP) is 2.30. The number of aromatic nitrogens is 4. The summed E-state index contributed by atoms with van der Waals surface area (Å²) in [5.41, 5.74) is -0.258. The number of fused-ring (bicyclic) bond motifs is 1. The molecule has 1 N–H and O–H groups in total. The van der Waals surface area contributed by atoms with Crippen molar-refractivity contribution in [3.05, 3.63) is 62.8 Å². The van der Waals surface area contributed by atoms with E-state index < -0.39 is 5.69 Å². The highest BCUT2D eigenvalue weighted by atomic mass is 35.5. The molecule has 122 valence electrons. The lowest BCUT2D eigenvalue weighted by Gasteiger charge is -2.13. The van der Waals surface area contributed by atoms with Crippen LogP contribution in [0.3, 0.4) is 0 Å². The summed E-state index contributed by atoms with van der Waals surface area (Å²) in [4.78, 5) is 31.3. The summed E-state index contributed by atoms with van der Waals surface area (Å²) in [6.07, 6.45) is 5.27. The van der Waals surface area contributed by atoms with Crippen molar-refractivity contribution in [1.29, 1.82) is 0 Å². The largest absolute Gasteiger partial charge is 0.337 e. The van der Waals surface area contributed by atoms with Crippen molar-refractivity contribution < 1.29 is 0 Å². The van der Waals surface area contributed by atoms with Crippen LogP contribution in [0.25, 0.3) is 10.9 Å². The highest BCUT2D eigenvalue weighted by molar-refractivity contribution is 6.31. The minimum absolute atomic E-state index is 0. The molecule has 1 atom stereocenters. The number of nitrogens with zero attached hydrogens (tertiary/aromatic N) is 3. The summed E-state index contributed by atoms with van der Waals surface area (Å²) in [6.45, 7) is 3.01. The average molecular weight is 355 g/mol. The van der Waals surface area contributed by atoms with E-state index in [1.54, 1.807) is 30.7 Å². The van der Waals surface area contributed by atoms with Crippen LogP contribution in [0.1, 0.15) is 6.92 Å². The molecule has 2 aromatic heterocycles. The third-order valence-corrected chi connectivity index (χ3v) is 3.75. The van der Waals surface area contributed by atoms with Crippen molar-refractivity contribution in [3.8, 4) is 0 Å². The normalized spacial score (nSPS) is 12.1. The number of benzene rings is 1. The van der Waals surface area contributed by atoms with Gasteiger partial charge in [0.2, 0.25) is 0 Å². The molecule has 0 aliphatic heterocycles. The van der Waals surface area contributed by atoms with Gasteiger partial charge in [-0.1, -0.05) is 18.5 Å². The van der Waals surface area contributed by atoms with Crippen LogP contribution in [0.4, 0.5) is 0 Å². The van der Waals surface area contributed by atoms with Gasteiger partial charge in [0, 0.05) is 30.5 Å². The zero-order valence-corrected chi connectivity index (χ0v) is 14.0. The molecule has 0 amide bonds. The van der Waals surface area contributed by atoms with Crippen molar-refractivity contribution in [2.24, 2.45) is 5.92 Å². The Hall–Kier alpha value is -2.05. The molecule has 1 aromatic carbocycles. The first-order chi connectivity index (χ1) is 10.5. The maximum atomic E-state index is 12.5. The van der Waals surface area contributed by atoms with E-state index in [1.807, 2.05) is 17.7 Å². The summed E-state index contributed by atoms with van der Waals surface area (Å²) in [6, 6.07) is 4.86. The molecule has 0 spiro atoms. The van der Waals surface area contributed by atoms with E-state index in [9.17, 15) is 9.59 Å². The molecule has 0 aliphatic carbocycles. The summed E-state index contributed by atoms with van der Waals surface area (Å²) in [7, 11) is 0. The zero-order chi connectivity index (χ0) is 15.7. The van der Waals surface area contributed by atoms with Crippen molar-refractivity contribution in [3.63, 3.8) is 0 Å². The van der Waals surface area contributed by atoms with Gasteiger partial charge in [0.15, 0.2) is 0 Å². The maximum absolute atomic E-state index is 12.5. The van der Waals surface area contributed by atoms with E-state index in [1.165, 1.54) is 4.57 Å². The minimum Gasteiger partial charge on any atom is -0.337 e. The molecule has 0 saturated carbocycles. The van der Waals surface area contributed by atoms with E-state index in [-0.39, 0.29) is 23.9 Å². The number of halogens is 2. The maximum Gasteiger partial charge on any atom is 0.328 e. The van der Waals surface area contributed by atoms with E-state index in [2.05, 4.69) is 9.97 Å². The van der Waals surface area contributed by atoms with Gasteiger partial charge in [0.1, 0.15) is 0 Å². The first-order valence-electron chi connectivity index (χ1n) is 6.92. The number of hydrogen-bond donors (Lipinski definition) is 1. The Morgan fingerprint density at radius 2 is 2.09 bits per heavy atom. The van der Waals surface area contributed by atoms with Crippen molar-refractivity contribution in [1.82, 2.24) is 19.1 Å². The second kappa shape index (κ2) is 7.02. The molecule has 6 nitrogen and oxygen atoms in total. The lowest BCUT2D eigenvalue weighted by molar-refractivity contribution is 0.403. The number of H-pyrrole nitrogens is 1. The average Bonchev–Trinajstić information content (AvgIpc) is 2.96. The monoisotopic (exact) mass is 354 g/mol. The SMILES string of the molecule is CC(Cn1ccnc1)Cn1c(=O)[nH]c2cc(Cl)ccc2c1=O.Cl. The summed E-state index contributed by atoms with van der Waals surface area (Å²) in [5.74, 6) is 0.109. The fourth-order valence-corrected chi connectivity index (χ4v) is 2.69. The van der Waals surface area contributed by atoms with E-state index in [0.29, 0.717) is 29.0 Å². The van der Waals surface area contributed by atoms with Crippen LogP contribution < -0.4 is 11.2 Å². The number of nitrogens with one attached hydrogen (secondary N) is 1. The third-order valence-electron chi connectivity index (χ3n) is 3.52. The lowest BCUT2D eigenvalue weighted by Crippen LogP contribution is -2.37. The summed E-state index contributed by atoms with van der Waals surface area (Å²) < 4.78 is 3.16. The molecular weight excluding hydrogens is 339 g/mol. The van der Waals surface area contributed by atoms with Crippen LogP contribution in [0.2, 0.25) is 5.02 Å². The standard InChI is InChI=1S/C15H15ClN4O2.ClH/c1-10(7-19-5-4-17-9-19)8-20-14(21)12-3-2-11(16)6-13(12)18-15(20)22;/h2-6,9-10H,7-8H2,1H3,(H,18,22);1H. The van der Waals surface area contributed by atoms with Crippen LogP contribution in [-0.4, -0.2) is 19.1 Å². The van der Waals surface area contributed by atoms with Crippen LogP contribution in [0, 0.1) is 5.92 Å². The Morgan fingerprint density at radius 1 is 1.30 bits per heavy atom. The number of aromatic amines is 1. The first kappa shape index (κ1) is 17.3. The van der Waals surface area contributed by atoms with Gasteiger partial charge in [-0.2, -0.15) is 0 Å². The molecule has 0 saturated heterocycles. The number of rotatable bonds is 4. The van der Waals surface area contributed by atoms with Gasteiger partial charge in [0.25, 0.3) is 5.56 Å². The van der Waals surface area contributed by atoms with Crippen molar-refractivity contribution >= 4 is 34.9 Å². The van der Waals surface area contributed by atoms with Gasteiger partial charge in [-0.15, -0.1) is 12.4 Å². The minimum atomic E-state index is -0.419. The third kappa shape index (κ3) is 3.65. The Kier molecular flexibility index (Phi) is 5.28. The van der Waals surface area contributed by atoms with Gasteiger partial charge in [-0.05, 0) is 24.1 Å². The Bertz CT molecular complexity index is 915. The van der Waals surface area contributed by atoms with Crippen molar-refractivity contribution in [2.45, 2.75) is 20.0 Å². The smallest absolute Gasteiger partial charge is 0.328 e. The molecule has 23 heavy (non-hydrogen) atoms. The highest BCUT2D eigenvalue weighted by Crippen LogP contribution is 2.13. The molecule has 8 heteroatoms. The van der Waals surface area contributed by atoms with Gasteiger partial charge in [0.05, 0.1) is 17.2 Å². The Labute approximate surface area is 143 Å². The molecule has 3 rings (SSSR count). The molecule has 3 aromatic rings.